The smallest absolute Gasteiger partial charge is 0.386 e. The fraction of sp³-hybridized carbons (Fsp3) is 0.167. The number of nitro benzene ring substituents is 2. The highest BCUT2D eigenvalue weighted by Crippen LogP contribution is 2.47. The molecule has 2 aromatic rings. The second kappa shape index (κ2) is 8.97. The number of carbonyl (C=O) groups excluding carboxylic acids is 1. The van der Waals surface area contributed by atoms with E-state index >= 15 is 0 Å². The first-order valence-electron chi connectivity index (χ1n) is 8.42. The van der Waals surface area contributed by atoms with Crippen LogP contribution in [0.3, 0.4) is 0 Å². The lowest BCUT2D eigenvalue weighted by molar-refractivity contribution is -0.386. The first kappa shape index (κ1) is 23.6. The second-order valence-electron chi connectivity index (χ2n) is 6.09. The number of hydrogen-bond donors (Lipinski definition) is 2. The van der Waals surface area contributed by atoms with E-state index in [1.54, 1.807) is 12.1 Å². The molecule has 0 radical (unpaired) electrons. The van der Waals surface area contributed by atoms with Gasteiger partial charge in [-0.25, -0.2) is 0 Å². The topological polar surface area (TPSA) is 175 Å². The Balaban J connectivity index is 3.03. The van der Waals surface area contributed by atoms with Gasteiger partial charge in [0, 0.05) is 19.2 Å². The summed E-state index contributed by atoms with van der Waals surface area (Å²) in [6, 6.07) is 6.95. The fourth-order valence-electron chi connectivity index (χ4n) is 2.94. The molecule has 0 bridgehead atoms. The summed E-state index contributed by atoms with van der Waals surface area (Å²) in [5.41, 5.74) is -4.51. The molecular weight excluding hydrogens is 437 g/mol. The van der Waals surface area contributed by atoms with E-state index in [9.17, 15) is 48.7 Å². The lowest BCUT2D eigenvalue weighted by Gasteiger charge is -2.17. The third kappa shape index (κ3) is 4.71. The van der Waals surface area contributed by atoms with E-state index < -0.39 is 62.1 Å². The van der Waals surface area contributed by atoms with E-state index in [-0.39, 0.29) is 11.3 Å². The molecule has 2 N–H and O–H groups in total. The summed E-state index contributed by atoms with van der Waals surface area (Å²) in [5, 5.41) is 46.3. The largest absolute Gasteiger partial charge is 0.397 e. The van der Waals surface area contributed by atoms with Crippen LogP contribution in [0.5, 0.6) is 0 Å². The summed E-state index contributed by atoms with van der Waals surface area (Å²) < 4.78 is 37.9. The third-order valence-corrected chi connectivity index (χ3v) is 4.13. The zero-order valence-electron chi connectivity index (χ0n) is 16.0. The van der Waals surface area contributed by atoms with Gasteiger partial charge in [-0.05, 0) is 12.1 Å². The molecule has 0 aliphatic rings. The quantitative estimate of drug-likeness (QED) is 0.495. The van der Waals surface area contributed by atoms with Gasteiger partial charge in [0.05, 0.1) is 43.5 Å². The second-order valence-corrected chi connectivity index (χ2v) is 6.09. The highest BCUT2D eigenvalue weighted by molar-refractivity contribution is 6.05. The summed E-state index contributed by atoms with van der Waals surface area (Å²) >= 11 is 0. The summed E-state index contributed by atoms with van der Waals surface area (Å²) in [6.07, 6.45) is -6.90. The summed E-state index contributed by atoms with van der Waals surface area (Å²) in [6.45, 7) is 0. The van der Waals surface area contributed by atoms with Crippen molar-refractivity contribution in [2.45, 2.75) is 12.6 Å². The number of anilines is 2. The molecule has 1 amide bonds. The van der Waals surface area contributed by atoms with Crippen molar-refractivity contribution in [3.63, 3.8) is 0 Å². The van der Waals surface area contributed by atoms with E-state index in [1.165, 1.54) is 7.05 Å². The van der Waals surface area contributed by atoms with E-state index in [1.807, 2.05) is 5.32 Å². The Labute approximate surface area is 177 Å². The lowest BCUT2D eigenvalue weighted by Crippen LogP contribution is -2.22. The van der Waals surface area contributed by atoms with Gasteiger partial charge in [-0.15, -0.1) is 0 Å². The number of benzene rings is 2. The fourth-order valence-corrected chi connectivity index (χ4v) is 2.94. The number of amides is 1. The van der Waals surface area contributed by atoms with Crippen molar-refractivity contribution in [3.8, 4) is 23.3 Å². The SMILES string of the molecule is CNc1c(C#N)ccc([N+](=O)[O-])c1-c1c([N+](=O)[O-])ccc(C#N)c1NC(=O)CC(F)(F)F. The minimum atomic E-state index is -4.93. The summed E-state index contributed by atoms with van der Waals surface area (Å²) in [5.74, 6) is -1.65. The van der Waals surface area contributed by atoms with Gasteiger partial charge in [-0.2, -0.15) is 23.7 Å². The Morgan fingerprint density at radius 2 is 1.41 bits per heavy atom. The molecule has 0 aromatic heterocycles. The number of nitriles is 2. The normalized spacial score (nSPS) is 10.6. The van der Waals surface area contributed by atoms with Crippen LogP contribution in [0.2, 0.25) is 0 Å². The molecule has 0 saturated carbocycles. The molecule has 0 heterocycles. The Hall–Kier alpha value is -4.72. The maximum atomic E-state index is 12.6. The van der Waals surface area contributed by atoms with Crippen molar-refractivity contribution in [3.05, 3.63) is 55.6 Å². The Morgan fingerprint density at radius 1 is 0.969 bits per heavy atom. The molecule has 0 aliphatic carbocycles. The van der Waals surface area contributed by atoms with Gasteiger partial charge < -0.3 is 10.6 Å². The van der Waals surface area contributed by atoms with Crippen LogP contribution < -0.4 is 10.6 Å². The number of nitro groups is 2. The third-order valence-electron chi connectivity index (χ3n) is 4.13. The van der Waals surface area contributed by atoms with E-state index in [0.29, 0.717) is 0 Å². The maximum absolute atomic E-state index is 12.6. The minimum absolute atomic E-state index is 0.183. The lowest BCUT2D eigenvalue weighted by atomic mass is 9.93. The molecule has 32 heavy (non-hydrogen) atoms. The van der Waals surface area contributed by atoms with Crippen LogP contribution in [0, 0.1) is 42.9 Å². The van der Waals surface area contributed by atoms with E-state index in [4.69, 9.17) is 0 Å². The van der Waals surface area contributed by atoms with Gasteiger partial charge in [0.15, 0.2) is 0 Å². The molecule has 14 heteroatoms. The van der Waals surface area contributed by atoms with Crippen LogP contribution in [0.4, 0.5) is 35.9 Å². The number of halogens is 3. The Kier molecular flexibility index (Phi) is 6.60. The van der Waals surface area contributed by atoms with Gasteiger partial charge in [0.2, 0.25) is 5.91 Å². The Bertz CT molecular complexity index is 1210. The van der Waals surface area contributed by atoms with Gasteiger partial charge in [-0.1, -0.05) is 0 Å². The molecule has 0 aliphatic heterocycles. The monoisotopic (exact) mass is 448 g/mol. The van der Waals surface area contributed by atoms with Crippen LogP contribution in [0.15, 0.2) is 24.3 Å². The molecule has 11 nitrogen and oxygen atoms in total. The van der Waals surface area contributed by atoms with E-state index in [0.717, 1.165) is 24.3 Å². The molecule has 0 atom stereocenters. The van der Waals surface area contributed by atoms with Gasteiger partial charge in [0.25, 0.3) is 11.4 Å². The highest BCUT2D eigenvalue weighted by atomic mass is 19.4. The zero-order chi connectivity index (χ0) is 24.2. The van der Waals surface area contributed by atoms with Crippen molar-refractivity contribution in [1.29, 1.82) is 10.5 Å². The molecule has 0 unspecified atom stereocenters. The predicted octanol–water partition coefficient (Wildman–Crippen LogP) is 3.85. The molecule has 0 fully saturated rings. The maximum Gasteiger partial charge on any atom is 0.397 e. The van der Waals surface area contributed by atoms with Gasteiger partial charge >= 0.3 is 6.18 Å². The van der Waals surface area contributed by atoms with Crippen molar-refractivity contribution >= 4 is 28.7 Å². The number of nitrogens with zero attached hydrogens (tertiary/aromatic N) is 4. The first-order valence-corrected chi connectivity index (χ1v) is 8.42. The molecule has 2 rings (SSSR count). The number of alkyl halides is 3. The molecule has 0 saturated heterocycles. The van der Waals surface area contributed by atoms with Crippen LogP contribution in [0.25, 0.3) is 11.1 Å². The number of hydrogen-bond acceptors (Lipinski definition) is 8. The van der Waals surface area contributed by atoms with Crippen molar-refractivity contribution in [2.75, 3.05) is 17.7 Å². The van der Waals surface area contributed by atoms with E-state index in [2.05, 4.69) is 5.32 Å². The summed E-state index contributed by atoms with van der Waals surface area (Å²) in [7, 11) is 1.26. The van der Waals surface area contributed by atoms with Crippen LogP contribution in [-0.2, 0) is 4.79 Å². The van der Waals surface area contributed by atoms with Gasteiger partial charge in [0.1, 0.15) is 18.6 Å². The number of rotatable bonds is 6. The average molecular weight is 448 g/mol. The first-order chi connectivity index (χ1) is 14.9. The van der Waals surface area contributed by atoms with Crippen molar-refractivity contribution in [2.24, 2.45) is 0 Å². The molecule has 2 aromatic carbocycles. The molecule has 164 valence electrons. The minimum Gasteiger partial charge on any atom is -0.386 e. The zero-order valence-corrected chi connectivity index (χ0v) is 16.0. The van der Waals surface area contributed by atoms with Crippen LogP contribution in [-0.4, -0.2) is 29.0 Å². The predicted molar refractivity (Wildman–Crippen MR) is 103 cm³/mol. The average Bonchev–Trinajstić information content (AvgIpc) is 2.70. The Morgan fingerprint density at radius 3 is 1.78 bits per heavy atom. The number of carbonyl (C=O) groups is 1. The van der Waals surface area contributed by atoms with Crippen molar-refractivity contribution in [1.82, 2.24) is 0 Å². The van der Waals surface area contributed by atoms with Crippen LogP contribution >= 0.6 is 0 Å². The highest BCUT2D eigenvalue weighted by Gasteiger charge is 2.35. The van der Waals surface area contributed by atoms with Crippen LogP contribution in [0.1, 0.15) is 17.5 Å². The van der Waals surface area contributed by atoms with Gasteiger partial charge in [-0.3, -0.25) is 25.0 Å². The number of nitrogens with one attached hydrogen (secondary N) is 2. The molecular formula is C18H11F3N6O5. The summed E-state index contributed by atoms with van der Waals surface area (Å²) in [4.78, 5) is 33.3. The standard InChI is InChI=1S/C18H11F3N6O5/c1-24-16-9(7-22)2-4-11(26(29)30)14(16)15-12(27(31)32)5-3-10(8-23)17(15)25-13(28)6-18(19,20)21/h2-5,24H,6H2,1H3,(H,25,28). The van der Waals surface area contributed by atoms with Crippen molar-refractivity contribution < 1.29 is 27.8 Å². The molecule has 0 spiro atoms.